The van der Waals surface area contributed by atoms with Gasteiger partial charge in [0.25, 0.3) is 11.8 Å². The summed E-state index contributed by atoms with van der Waals surface area (Å²) < 4.78 is 104. The predicted molar refractivity (Wildman–Crippen MR) is 328 cm³/mol. The van der Waals surface area contributed by atoms with Crippen molar-refractivity contribution < 1.29 is 72.4 Å². The topological polar surface area (TPSA) is 261 Å². The van der Waals surface area contributed by atoms with Gasteiger partial charge in [0, 0.05) is 124 Å². The zero-order valence-electron chi connectivity index (χ0n) is 48.9. The number of aromatic hydroxyl groups is 1. The molecule has 0 radical (unpaired) electrons. The van der Waals surface area contributed by atoms with Crippen molar-refractivity contribution in [2.75, 3.05) is 38.0 Å². The van der Waals surface area contributed by atoms with Gasteiger partial charge >= 0.3 is 26.5 Å². The highest BCUT2D eigenvalue weighted by Crippen LogP contribution is 2.47. The van der Waals surface area contributed by atoms with E-state index in [1.165, 1.54) is 89.4 Å². The molecular weight excluding hydrogens is 1210 g/mol. The van der Waals surface area contributed by atoms with Crippen molar-refractivity contribution >= 4 is 77.6 Å². The minimum Gasteiger partial charge on any atom is -0.564 e. The number of halogens is 2. The second-order valence-corrected chi connectivity index (χ2v) is 24.3. The maximum Gasteiger partial charge on any atom is 0.493 e. The van der Waals surface area contributed by atoms with E-state index in [0.29, 0.717) is 16.5 Å². The predicted octanol–water partition coefficient (Wildman–Crippen LogP) is 7.41. The van der Waals surface area contributed by atoms with Crippen molar-refractivity contribution in [1.82, 2.24) is 24.5 Å². The normalized spacial score (nSPS) is 13.0. The fraction of sp³-hybridized carbons (Fsp3) is 0.138. The molecule has 2 aliphatic rings. The van der Waals surface area contributed by atoms with Crippen LogP contribution in [0.3, 0.4) is 0 Å². The van der Waals surface area contributed by atoms with Gasteiger partial charge in [-0.3, -0.25) is 19.6 Å². The minimum atomic E-state index is -4.54. The number of anilines is 2. The number of hydrogen-bond donors (Lipinski definition) is 2. The highest BCUT2D eigenvalue weighted by Gasteiger charge is 2.39. The Labute approximate surface area is 520 Å². The van der Waals surface area contributed by atoms with E-state index < -0.39 is 62.1 Å². The maximum atomic E-state index is 14.4. The number of nitrogens with zero attached hydrogens (tertiary/aromatic N) is 9. The zero-order chi connectivity index (χ0) is 64.3. The Morgan fingerprint density at radius 1 is 0.615 bits per heavy atom. The van der Waals surface area contributed by atoms with Crippen LogP contribution in [0.25, 0.3) is 21.8 Å². The van der Waals surface area contributed by atoms with Crippen LogP contribution in [-0.4, -0.2) is 93.9 Å². The van der Waals surface area contributed by atoms with Crippen molar-refractivity contribution in [3.05, 3.63) is 251 Å². The van der Waals surface area contributed by atoms with Crippen LogP contribution in [0, 0.1) is 11.6 Å². The molecule has 0 aliphatic carbocycles. The molecule has 3 amide bonds. The first-order valence-electron chi connectivity index (χ1n) is 27.9. The van der Waals surface area contributed by atoms with Gasteiger partial charge < -0.3 is 44.0 Å². The number of nitrogens with one attached hydrogen (secondary N) is 1. The molecule has 6 aromatic carbocycles. The molecule has 0 bridgehead atoms. The summed E-state index contributed by atoms with van der Waals surface area (Å²) in [6.07, 6.45) is 4.60. The van der Waals surface area contributed by atoms with Crippen molar-refractivity contribution in [2.45, 2.75) is 32.3 Å². The Hall–Kier alpha value is -11.1. The molecule has 0 saturated carbocycles. The average molecular weight is 1270 g/mol. The molecule has 26 heteroatoms. The molecule has 0 fully saturated rings. The lowest BCUT2D eigenvalue weighted by molar-refractivity contribution is -0.512. The fourth-order valence-electron chi connectivity index (χ4n) is 10.4. The molecule has 0 atom stereocenters. The highest BCUT2D eigenvalue weighted by atomic mass is 32.2. The molecule has 10 aromatic rings. The van der Waals surface area contributed by atoms with E-state index in [1.807, 2.05) is 65.4 Å². The van der Waals surface area contributed by atoms with Crippen molar-refractivity contribution in [2.24, 2.45) is 4.40 Å². The largest absolute Gasteiger partial charge is 0.564 e. The van der Waals surface area contributed by atoms with Gasteiger partial charge in [0.1, 0.15) is 34.5 Å². The number of amides is 3. The quantitative estimate of drug-likeness (QED) is 0.0542. The van der Waals surface area contributed by atoms with Crippen molar-refractivity contribution in [3.63, 3.8) is 0 Å². The van der Waals surface area contributed by atoms with Gasteiger partial charge in [-0.25, -0.2) is 13.6 Å². The summed E-state index contributed by atoms with van der Waals surface area (Å²) in [5.74, 6) is -2.24. The van der Waals surface area contributed by atoms with E-state index >= 15 is 0 Å². The van der Waals surface area contributed by atoms with Crippen LogP contribution < -0.4 is 41.8 Å². The number of aromatic nitrogens is 4. The Morgan fingerprint density at radius 3 is 1.57 bits per heavy atom. The third-order valence-electron chi connectivity index (χ3n) is 14.8. The van der Waals surface area contributed by atoms with E-state index in [-0.39, 0.29) is 87.9 Å². The molecule has 462 valence electrons. The van der Waals surface area contributed by atoms with Crippen molar-refractivity contribution in [3.8, 4) is 23.0 Å². The molecule has 6 heterocycles. The van der Waals surface area contributed by atoms with Crippen LogP contribution in [0.1, 0.15) is 60.2 Å². The third-order valence-corrected chi connectivity index (χ3v) is 17.2. The third kappa shape index (κ3) is 13.1. The van der Waals surface area contributed by atoms with Gasteiger partial charge in [-0.05, 0) is 70.8 Å². The summed E-state index contributed by atoms with van der Waals surface area (Å²) >= 11 is 0. The van der Waals surface area contributed by atoms with Crippen molar-refractivity contribution in [1.29, 1.82) is 0 Å². The van der Waals surface area contributed by atoms with Crippen LogP contribution in [0.15, 0.2) is 199 Å². The molecule has 4 aromatic heterocycles. The number of rotatable bonds is 16. The van der Waals surface area contributed by atoms with Gasteiger partial charge in [0.05, 0.1) is 17.7 Å². The van der Waals surface area contributed by atoms with Gasteiger partial charge in [-0.2, -0.15) is 4.72 Å². The number of hydrogen-bond acceptors (Lipinski definition) is 16. The monoisotopic (exact) mass is 1270 g/mol. The molecule has 2 aliphatic heterocycles. The Balaban J connectivity index is 0.000000195. The fourth-order valence-corrected chi connectivity index (χ4v) is 11.9. The number of carbonyl (C=O) groups is 3. The lowest BCUT2D eigenvalue weighted by atomic mass is 9.99. The van der Waals surface area contributed by atoms with Gasteiger partial charge in [-0.1, -0.05) is 97.3 Å². The first kappa shape index (κ1) is 61.5. The summed E-state index contributed by atoms with van der Waals surface area (Å²) in [5.41, 5.74) is 5.11. The lowest BCUT2D eigenvalue weighted by Gasteiger charge is -2.25. The Morgan fingerprint density at radius 2 is 1.07 bits per heavy atom. The van der Waals surface area contributed by atoms with E-state index in [1.54, 1.807) is 92.6 Å². The Kier molecular flexibility index (Phi) is 17.3. The molecule has 12 rings (SSSR count). The number of fused-ring (bicyclic) bond motifs is 4. The second kappa shape index (κ2) is 25.5. The minimum absolute atomic E-state index is 0.00698. The molecule has 0 spiro atoms. The summed E-state index contributed by atoms with van der Waals surface area (Å²) in [7, 11) is -1.70. The number of phenolic OH excluding ortho intramolecular Hbond substituents is 1. The van der Waals surface area contributed by atoms with Gasteiger partial charge in [0.15, 0.2) is 42.4 Å². The first-order valence-corrected chi connectivity index (χ1v) is 30.7. The smallest absolute Gasteiger partial charge is 0.493 e. The van der Waals surface area contributed by atoms with Gasteiger partial charge in [-0.15, -0.1) is 16.8 Å². The first-order chi connectivity index (χ1) is 43.6. The zero-order valence-corrected chi connectivity index (χ0v) is 50.5. The van der Waals surface area contributed by atoms with Gasteiger partial charge in [0.2, 0.25) is 0 Å². The number of pyridine rings is 4. The van der Waals surface area contributed by atoms with Crippen LogP contribution in [-0.2, 0) is 46.6 Å². The average Bonchev–Trinajstić information content (AvgIpc) is 1.68. The SMILES string of the molecule is CN(C)c1cc[n+](S(=O)(=O)N=C([O-])Oc2c3c(c(OC(c4ccccc4)c4ccccc4)c4ncccc24)C(=O)N(Cc2ccc(F)cc2)C3)cc1.CN(C)c1cc[n+](S(=O)(=O)NC(=O)Oc2c3c(c(O)c4ncccc24)C(=O)N(Cc2ccc(F)cc2)C3)cc1. The number of ether oxygens (including phenoxy) is 3. The van der Waals surface area contributed by atoms with E-state index in [4.69, 9.17) is 14.2 Å². The standard InChI is InChI=1S/C39H32FN5O6S.C26H22FN5O6S/c1-43(2)30-19-22-45(23-20-30)52(48,49)42-39(47)51-36-31-14-9-21-41-34(31)37(50-35(27-10-5-3-6-11-27)28-12-7-4-8-13-28)33-32(36)25-44(38(33)46)24-26-15-17-29(40)18-16-26;1-30(2)18-9-12-32(13-10-18)39(36,37)29-26(35)38-24-19-4-3-11-28-22(19)23(33)21-20(24)15-31(25(21)34)14-16-5-7-17(27)8-6-16/h3-23,35H,24-25H2,1-2H3;3-13H,14-15H2,1-2H3,(H-,29,33,34,35)/p+1. The number of benzene rings is 6. The molecule has 91 heavy (non-hydrogen) atoms. The van der Waals surface area contributed by atoms with E-state index in [2.05, 4.69) is 14.4 Å². The highest BCUT2D eigenvalue weighted by molar-refractivity contribution is 7.83. The van der Waals surface area contributed by atoms with Crippen LogP contribution in [0.2, 0.25) is 0 Å². The summed E-state index contributed by atoms with van der Waals surface area (Å²) in [4.78, 5) is 55.7. The molecule has 2 N–H and O–H groups in total. The summed E-state index contributed by atoms with van der Waals surface area (Å²) in [5, 5.41) is 24.8. The van der Waals surface area contributed by atoms with Crippen LogP contribution >= 0.6 is 0 Å². The number of phenols is 1. The molecule has 0 unspecified atom stereocenters. The molecular formula is C65H55F2N10O12S2+. The Bertz CT molecular complexity index is 4650. The summed E-state index contributed by atoms with van der Waals surface area (Å²) in [6.45, 7) is 0.102. The van der Waals surface area contributed by atoms with E-state index in [9.17, 15) is 50.2 Å². The van der Waals surface area contributed by atoms with E-state index in [0.717, 1.165) is 30.4 Å². The summed E-state index contributed by atoms with van der Waals surface area (Å²) in [6, 6.07) is 42.9. The van der Waals surface area contributed by atoms with Crippen LogP contribution in [0.4, 0.5) is 25.0 Å². The molecule has 22 nitrogen and oxygen atoms in total. The molecule has 0 saturated heterocycles. The second-order valence-electron chi connectivity index (χ2n) is 21.2. The lowest BCUT2D eigenvalue weighted by Crippen LogP contribution is -2.52. The number of carbonyl (C=O) groups excluding carboxylic acids is 3. The maximum absolute atomic E-state index is 14.4. The van der Waals surface area contributed by atoms with Crippen LogP contribution in [0.5, 0.6) is 23.0 Å².